The predicted octanol–water partition coefficient (Wildman–Crippen LogP) is 3.56. The van der Waals surface area contributed by atoms with E-state index in [0.29, 0.717) is 5.56 Å². The third-order valence-electron chi connectivity index (χ3n) is 4.27. The third-order valence-corrected chi connectivity index (χ3v) is 4.27. The van der Waals surface area contributed by atoms with Gasteiger partial charge in [0.15, 0.2) is 0 Å². The second kappa shape index (κ2) is 7.15. The molecule has 2 N–H and O–H groups in total. The fourth-order valence-electron chi connectivity index (χ4n) is 2.58. The number of hydrogen-bond acceptors (Lipinski definition) is 3. The van der Waals surface area contributed by atoms with Gasteiger partial charge in [0, 0.05) is 0 Å². The average Bonchev–Trinajstić information content (AvgIpc) is 3.27. The molecule has 1 aromatic rings. The van der Waals surface area contributed by atoms with Crippen molar-refractivity contribution in [1.29, 1.82) is 0 Å². The van der Waals surface area contributed by atoms with E-state index in [4.69, 9.17) is 0 Å². The number of amides is 1. The molecule has 1 saturated carbocycles. The first kappa shape index (κ1) is 19.4. The van der Waals surface area contributed by atoms with Crippen LogP contribution >= 0.6 is 0 Å². The van der Waals surface area contributed by atoms with Gasteiger partial charge >= 0.3 is 6.36 Å². The first-order chi connectivity index (χ1) is 11.5. The van der Waals surface area contributed by atoms with Gasteiger partial charge in [-0.3, -0.25) is 4.79 Å². The number of aliphatic hydroxyl groups excluding tert-OH is 1. The van der Waals surface area contributed by atoms with Crippen molar-refractivity contribution >= 4 is 5.91 Å². The fraction of sp³-hybridized carbons (Fsp3) is 0.562. The van der Waals surface area contributed by atoms with E-state index in [1.165, 1.54) is 19.1 Å². The van der Waals surface area contributed by atoms with Gasteiger partial charge in [0.25, 0.3) is 0 Å². The molecule has 1 aliphatic carbocycles. The predicted molar refractivity (Wildman–Crippen MR) is 78.0 cm³/mol. The summed E-state index contributed by atoms with van der Waals surface area (Å²) in [5.41, 5.74) is -1.17. The minimum absolute atomic E-state index is 0.158. The number of nitrogens with one attached hydrogen (secondary N) is 1. The van der Waals surface area contributed by atoms with Crippen molar-refractivity contribution in [1.82, 2.24) is 5.32 Å². The molecule has 25 heavy (non-hydrogen) atoms. The van der Waals surface area contributed by atoms with E-state index in [2.05, 4.69) is 10.1 Å². The Balaban J connectivity index is 1.94. The minimum Gasteiger partial charge on any atom is -0.406 e. The van der Waals surface area contributed by atoms with Crippen LogP contribution in [0.25, 0.3) is 0 Å². The van der Waals surface area contributed by atoms with Crippen LogP contribution in [0.5, 0.6) is 5.75 Å². The van der Waals surface area contributed by atoms with E-state index in [1.54, 1.807) is 0 Å². The highest BCUT2D eigenvalue weighted by atomic mass is 19.4. The lowest BCUT2D eigenvalue weighted by molar-refractivity contribution is -0.274. The molecular weight excluding hydrogens is 349 g/mol. The van der Waals surface area contributed by atoms with Gasteiger partial charge in [0.05, 0.1) is 24.0 Å². The SMILES string of the molecule is C[C@H](NC(=O)C[C@H](O)C1(C(F)F)CC1)c1cccc(OC(F)(F)F)c1. The van der Waals surface area contributed by atoms with Crippen molar-refractivity contribution in [3.63, 3.8) is 0 Å². The van der Waals surface area contributed by atoms with Crippen LogP contribution in [0.1, 0.15) is 37.8 Å². The maximum absolute atomic E-state index is 12.9. The first-order valence-electron chi connectivity index (χ1n) is 7.65. The molecule has 140 valence electrons. The molecule has 1 fully saturated rings. The van der Waals surface area contributed by atoms with E-state index in [0.717, 1.165) is 12.1 Å². The summed E-state index contributed by atoms with van der Waals surface area (Å²) >= 11 is 0. The number of carbonyl (C=O) groups is 1. The standard InChI is InChI=1S/C16H18F5NO3/c1-9(10-3-2-4-11(7-10)25-16(19,20)21)22-13(24)8-12(23)15(5-6-15)14(17)18/h2-4,7,9,12,14,23H,5-6,8H2,1H3,(H,22,24)/t9-,12-/m0/s1. The summed E-state index contributed by atoms with van der Waals surface area (Å²) in [5.74, 6) is -1.09. The topological polar surface area (TPSA) is 58.6 Å². The lowest BCUT2D eigenvalue weighted by atomic mass is 9.96. The Bertz CT molecular complexity index is 616. The van der Waals surface area contributed by atoms with Gasteiger partial charge in [0.1, 0.15) is 5.75 Å². The Labute approximate surface area is 141 Å². The Morgan fingerprint density at radius 3 is 2.52 bits per heavy atom. The van der Waals surface area contributed by atoms with Crippen molar-refractivity contribution in [3.05, 3.63) is 29.8 Å². The highest BCUT2D eigenvalue weighted by Gasteiger charge is 2.56. The van der Waals surface area contributed by atoms with Gasteiger partial charge in [-0.1, -0.05) is 12.1 Å². The van der Waals surface area contributed by atoms with Crippen LogP contribution in [0.2, 0.25) is 0 Å². The highest BCUT2D eigenvalue weighted by Crippen LogP contribution is 2.54. The van der Waals surface area contributed by atoms with Gasteiger partial charge < -0.3 is 15.2 Å². The van der Waals surface area contributed by atoms with Gasteiger partial charge in [0.2, 0.25) is 12.3 Å². The Morgan fingerprint density at radius 1 is 1.36 bits per heavy atom. The Morgan fingerprint density at radius 2 is 2.00 bits per heavy atom. The lowest BCUT2D eigenvalue weighted by Crippen LogP contribution is -2.36. The lowest BCUT2D eigenvalue weighted by Gasteiger charge is -2.22. The summed E-state index contributed by atoms with van der Waals surface area (Å²) in [6.45, 7) is 1.52. The summed E-state index contributed by atoms with van der Waals surface area (Å²) in [4.78, 5) is 11.9. The second-order valence-corrected chi connectivity index (χ2v) is 6.16. The summed E-state index contributed by atoms with van der Waals surface area (Å²) in [5, 5.41) is 12.3. The van der Waals surface area contributed by atoms with Crippen molar-refractivity contribution < 1.29 is 36.6 Å². The van der Waals surface area contributed by atoms with E-state index < -0.39 is 48.4 Å². The molecule has 1 aliphatic rings. The smallest absolute Gasteiger partial charge is 0.406 e. The number of aliphatic hydroxyl groups is 1. The fourth-order valence-corrected chi connectivity index (χ4v) is 2.58. The zero-order valence-electron chi connectivity index (χ0n) is 13.3. The number of ether oxygens (including phenoxy) is 1. The average molecular weight is 367 g/mol. The maximum Gasteiger partial charge on any atom is 0.573 e. The summed E-state index contributed by atoms with van der Waals surface area (Å²) in [6, 6.07) is 4.39. The summed E-state index contributed by atoms with van der Waals surface area (Å²) in [6.07, 6.45) is -9.17. The molecular formula is C16H18F5NO3. The summed E-state index contributed by atoms with van der Waals surface area (Å²) < 4.78 is 66.3. The van der Waals surface area contributed by atoms with Crippen molar-refractivity contribution in [2.24, 2.45) is 5.41 Å². The van der Waals surface area contributed by atoms with Gasteiger partial charge in [-0.2, -0.15) is 0 Å². The highest BCUT2D eigenvalue weighted by molar-refractivity contribution is 5.77. The number of benzene rings is 1. The number of carbonyl (C=O) groups excluding carboxylic acids is 1. The number of halogens is 5. The molecule has 1 amide bonds. The molecule has 2 rings (SSSR count). The molecule has 0 spiro atoms. The molecule has 4 nitrogen and oxygen atoms in total. The monoisotopic (exact) mass is 367 g/mol. The van der Waals surface area contributed by atoms with E-state index in [9.17, 15) is 31.9 Å². The van der Waals surface area contributed by atoms with Crippen LogP contribution in [-0.4, -0.2) is 29.9 Å². The van der Waals surface area contributed by atoms with Crippen LogP contribution < -0.4 is 10.1 Å². The van der Waals surface area contributed by atoms with Crippen LogP contribution in [0.4, 0.5) is 22.0 Å². The van der Waals surface area contributed by atoms with E-state index >= 15 is 0 Å². The molecule has 0 unspecified atom stereocenters. The molecule has 0 saturated heterocycles. The zero-order chi connectivity index (χ0) is 18.8. The van der Waals surface area contributed by atoms with Crippen LogP contribution in [0.15, 0.2) is 24.3 Å². The number of alkyl halides is 5. The molecule has 0 radical (unpaired) electrons. The molecule has 0 heterocycles. The van der Waals surface area contributed by atoms with Crippen molar-refractivity contribution in [2.45, 2.75) is 51.1 Å². The first-order valence-corrected chi connectivity index (χ1v) is 7.65. The summed E-state index contributed by atoms with van der Waals surface area (Å²) in [7, 11) is 0. The molecule has 0 aromatic heterocycles. The van der Waals surface area contributed by atoms with E-state index in [1.807, 2.05) is 0 Å². The third kappa shape index (κ3) is 5.04. The van der Waals surface area contributed by atoms with Crippen LogP contribution in [0.3, 0.4) is 0 Å². The number of rotatable bonds is 7. The molecule has 0 bridgehead atoms. The van der Waals surface area contributed by atoms with Crippen LogP contribution in [-0.2, 0) is 4.79 Å². The van der Waals surface area contributed by atoms with E-state index in [-0.39, 0.29) is 12.8 Å². The maximum atomic E-state index is 12.9. The second-order valence-electron chi connectivity index (χ2n) is 6.16. The van der Waals surface area contributed by atoms with Gasteiger partial charge in [-0.15, -0.1) is 13.2 Å². The molecule has 1 aromatic carbocycles. The molecule has 9 heteroatoms. The van der Waals surface area contributed by atoms with Crippen molar-refractivity contribution in [2.75, 3.05) is 0 Å². The van der Waals surface area contributed by atoms with Crippen molar-refractivity contribution in [3.8, 4) is 5.75 Å². The number of hydrogen-bond donors (Lipinski definition) is 2. The largest absolute Gasteiger partial charge is 0.573 e. The zero-order valence-corrected chi connectivity index (χ0v) is 13.3. The van der Waals surface area contributed by atoms with Crippen LogP contribution in [0, 0.1) is 5.41 Å². The van der Waals surface area contributed by atoms with Gasteiger partial charge in [-0.25, -0.2) is 8.78 Å². The molecule has 2 atom stereocenters. The molecule has 0 aliphatic heterocycles. The quantitative estimate of drug-likeness (QED) is 0.725. The minimum atomic E-state index is -4.83. The Kier molecular flexibility index (Phi) is 5.55. The Hall–Kier alpha value is -1.90. The normalized spacial score (nSPS) is 18.6. The van der Waals surface area contributed by atoms with Gasteiger partial charge in [-0.05, 0) is 37.5 Å².